The molecule has 0 amide bonds. The molecule has 178 valence electrons. The minimum atomic E-state index is 0.0410. The van der Waals surface area contributed by atoms with Crippen LogP contribution in [0, 0.1) is 12.8 Å². The van der Waals surface area contributed by atoms with Crippen molar-refractivity contribution in [2.45, 2.75) is 65.5 Å². The van der Waals surface area contributed by atoms with E-state index in [2.05, 4.69) is 50.5 Å². The maximum atomic E-state index is 12.2. The quantitative estimate of drug-likeness (QED) is 0.494. The van der Waals surface area contributed by atoms with Crippen molar-refractivity contribution in [2.75, 3.05) is 19.8 Å². The van der Waals surface area contributed by atoms with E-state index in [9.17, 15) is 4.79 Å². The van der Waals surface area contributed by atoms with Gasteiger partial charge in [0.25, 0.3) is 5.56 Å². The summed E-state index contributed by atoms with van der Waals surface area (Å²) in [6.07, 6.45) is 4.13. The summed E-state index contributed by atoms with van der Waals surface area (Å²) in [6, 6.07) is 8.68. The minimum absolute atomic E-state index is 0.0410. The number of rotatable bonds is 7. The largest absolute Gasteiger partial charge is 0.381 e. The van der Waals surface area contributed by atoms with E-state index in [-0.39, 0.29) is 17.7 Å². The predicted molar refractivity (Wildman–Crippen MR) is 133 cm³/mol. The maximum Gasteiger partial charge on any atom is 0.253 e. The van der Waals surface area contributed by atoms with E-state index in [0.717, 1.165) is 59.6 Å². The van der Waals surface area contributed by atoms with E-state index in [0.29, 0.717) is 18.4 Å². The average Bonchev–Trinajstić information content (AvgIpc) is 3.19. The lowest BCUT2D eigenvalue weighted by Crippen LogP contribution is -2.25. The van der Waals surface area contributed by atoms with Gasteiger partial charge in [-0.15, -0.1) is 0 Å². The van der Waals surface area contributed by atoms with Gasteiger partial charge in [-0.05, 0) is 69.9 Å². The van der Waals surface area contributed by atoms with Gasteiger partial charge >= 0.3 is 0 Å². The zero-order valence-corrected chi connectivity index (χ0v) is 20.8. The molecule has 1 fully saturated rings. The number of pyridine rings is 1. The third-order valence-electron chi connectivity index (χ3n) is 6.92. The SMILES string of the molecule is Cc1cc(-c2ccc3nc(C4CCOCC4)n([C@H](C)C(C)COC(C)C)c3c2)cn(C)c1=O. The van der Waals surface area contributed by atoms with Crippen LogP contribution in [-0.2, 0) is 16.5 Å². The molecule has 3 aromatic rings. The Kier molecular flexibility index (Phi) is 7.05. The number of aryl methyl sites for hydroxylation is 2. The highest BCUT2D eigenvalue weighted by atomic mass is 16.5. The fraction of sp³-hybridized carbons (Fsp3) is 0.556. The smallest absolute Gasteiger partial charge is 0.253 e. The highest BCUT2D eigenvalue weighted by Gasteiger charge is 2.27. The predicted octanol–water partition coefficient (Wildman–Crippen LogP) is 5.23. The Labute approximate surface area is 196 Å². The van der Waals surface area contributed by atoms with Crippen LogP contribution >= 0.6 is 0 Å². The van der Waals surface area contributed by atoms with Crippen molar-refractivity contribution < 1.29 is 9.47 Å². The van der Waals surface area contributed by atoms with E-state index >= 15 is 0 Å². The fourth-order valence-corrected chi connectivity index (χ4v) is 4.74. The molecular weight excluding hydrogens is 414 g/mol. The zero-order chi connectivity index (χ0) is 23.7. The third kappa shape index (κ3) is 4.92. The standard InChI is InChI=1S/C27H37N3O3/c1-17(2)33-16-19(4)20(5)30-25-14-22(23-13-18(3)27(31)29(6)15-23)7-8-24(25)28-26(30)21-9-11-32-12-10-21/h7-8,13-15,17,19-21H,9-12,16H2,1-6H3/t19?,20-/m1/s1. The molecule has 4 rings (SSSR count). The summed E-state index contributed by atoms with van der Waals surface area (Å²) in [6.45, 7) is 12.9. The van der Waals surface area contributed by atoms with Crippen LogP contribution in [0.4, 0.5) is 0 Å². The lowest BCUT2D eigenvalue weighted by Gasteiger charge is -2.28. The molecule has 2 aromatic heterocycles. The molecule has 0 N–H and O–H groups in total. The molecule has 0 bridgehead atoms. The molecule has 33 heavy (non-hydrogen) atoms. The molecule has 0 radical (unpaired) electrons. The van der Waals surface area contributed by atoms with Crippen molar-refractivity contribution >= 4 is 11.0 Å². The molecule has 0 aliphatic carbocycles. The number of hydrogen-bond donors (Lipinski definition) is 0. The second-order valence-electron chi connectivity index (χ2n) is 9.86. The molecule has 0 spiro atoms. The highest BCUT2D eigenvalue weighted by molar-refractivity contribution is 5.83. The van der Waals surface area contributed by atoms with E-state index in [1.807, 2.05) is 26.2 Å². The second-order valence-corrected chi connectivity index (χ2v) is 9.86. The number of nitrogens with zero attached hydrogens (tertiary/aromatic N) is 3. The highest BCUT2D eigenvalue weighted by Crippen LogP contribution is 2.35. The molecule has 6 heteroatoms. The topological polar surface area (TPSA) is 58.3 Å². The number of benzene rings is 1. The number of hydrogen-bond acceptors (Lipinski definition) is 4. The van der Waals surface area contributed by atoms with Crippen molar-refractivity contribution in [3.8, 4) is 11.1 Å². The van der Waals surface area contributed by atoms with Crippen molar-refractivity contribution in [3.63, 3.8) is 0 Å². The number of aromatic nitrogens is 3. The average molecular weight is 452 g/mol. The first kappa shape index (κ1) is 23.7. The lowest BCUT2D eigenvalue weighted by molar-refractivity contribution is 0.0429. The van der Waals surface area contributed by atoms with Crippen molar-refractivity contribution in [3.05, 3.63) is 52.2 Å². The summed E-state index contributed by atoms with van der Waals surface area (Å²) in [5.41, 5.74) is 5.09. The first-order chi connectivity index (χ1) is 15.8. The van der Waals surface area contributed by atoms with Gasteiger partial charge < -0.3 is 18.6 Å². The Morgan fingerprint density at radius 1 is 1.12 bits per heavy atom. The summed E-state index contributed by atoms with van der Waals surface area (Å²) in [5, 5.41) is 0. The molecular formula is C27H37N3O3. The van der Waals surface area contributed by atoms with Gasteiger partial charge in [0.1, 0.15) is 5.82 Å². The molecule has 1 aromatic carbocycles. The van der Waals surface area contributed by atoms with E-state index in [1.54, 1.807) is 4.57 Å². The van der Waals surface area contributed by atoms with E-state index in [1.165, 1.54) is 0 Å². The number of fused-ring (bicyclic) bond motifs is 1. The molecule has 6 nitrogen and oxygen atoms in total. The molecule has 1 aliphatic rings. The van der Waals surface area contributed by atoms with Crippen LogP contribution in [0.1, 0.15) is 63.9 Å². The van der Waals surface area contributed by atoms with Crippen molar-refractivity contribution in [1.29, 1.82) is 0 Å². The molecule has 3 heterocycles. The minimum Gasteiger partial charge on any atom is -0.381 e. The first-order valence-electron chi connectivity index (χ1n) is 12.1. The molecule has 0 saturated carbocycles. The van der Waals surface area contributed by atoms with Gasteiger partial charge in [-0.2, -0.15) is 0 Å². The van der Waals surface area contributed by atoms with Crippen LogP contribution in [0.3, 0.4) is 0 Å². The van der Waals surface area contributed by atoms with Crippen LogP contribution < -0.4 is 5.56 Å². The Hall–Kier alpha value is -2.44. The van der Waals surface area contributed by atoms with E-state index in [4.69, 9.17) is 14.5 Å². The molecule has 1 unspecified atom stereocenters. The Balaban J connectivity index is 1.82. The summed E-state index contributed by atoms with van der Waals surface area (Å²) in [5.74, 6) is 1.90. The Morgan fingerprint density at radius 2 is 1.85 bits per heavy atom. The van der Waals surface area contributed by atoms with Gasteiger partial charge in [0.05, 0.1) is 23.7 Å². The van der Waals surface area contributed by atoms with Crippen LogP contribution in [0.25, 0.3) is 22.2 Å². The van der Waals surface area contributed by atoms with Crippen molar-refractivity contribution in [1.82, 2.24) is 14.1 Å². The summed E-state index contributed by atoms with van der Waals surface area (Å²) in [4.78, 5) is 17.3. The van der Waals surface area contributed by atoms with Gasteiger partial charge in [0.15, 0.2) is 0 Å². The number of ether oxygens (including phenoxy) is 2. The summed E-state index contributed by atoms with van der Waals surface area (Å²) in [7, 11) is 1.81. The Bertz CT molecular complexity index is 1150. The maximum absolute atomic E-state index is 12.2. The van der Waals surface area contributed by atoms with Gasteiger partial charge in [-0.1, -0.05) is 13.0 Å². The summed E-state index contributed by atoms with van der Waals surface area (Å²) >= 11 is 0. The normalized spacial score (nSPS) is 17.1. The second kappa shape index (κ2) is 9.82. The molecule has 1 saturated heterocycles. The van der Waals surface area contributed by atoms with Gasteiger partial charge in [-0.25, -0.2) is 4.98 Å². The van der Waals surface area contributed by atoms with Gasteiger partial charge in [0, 0.05) is 49.9 Å². The Morgan fingerprint density at radius 3 is 2.52 bits per heavy atom. The van der Waals surface area contributed by atoms with Gasteiger partial charge in [-0.3, -0.25) is 4.79 Å². The van der Waals surface area contributed by atoms with Crippen LogP contribution in [0.2, 0.25) is 0 Å². The summed E-state index contributed by atoms with van der Waals surface area (Å²) < 4.78 is 15.7. The molecule has 1 aliphatic heterocycles. The van der Waals surface area contributed by atoms with Gasteiger partial charge in [0.2, 0.25) is 0 Å². The third-order valence-corrected chi connectivity index (χ3v) is 6.92. The fourth-order valence-electron chi connectivity index (χ4n) is 4.74. The number of imidazole rings is 1. The lowest BCUT2D eigenvalue weighted by atomic mass is 9.97. The first-order valence-corrected chi connectivity index (χ1v) is 12.1. The van der Waals surface area contributed by atoms with Crippen LogP contribution in [0.15, 0.2) is 35.3 Å². The molecule has 2 atom stereocenters. The zero-order valence-electron chi connectivity index (χ0n) is 20.8. The van der Waals surface area contributed by atoms with Crippen LogP contribution in [-0.4, -0.2) is 40.0 Å². The van der Waals surface area contributed by atoms with Crippen LogP contribution in [0.5, 0.6) is 0 Å². The van der Waals surface area contributed by atoms with Crippen molar-refractivity contribution in [2.24, 2.45) is 13.0 Å². The monoisotopic (exact) mass is 451 g/mol. The van der Waals surface area contributed by atoms with E-state index < -0.39 is 0 Å².